The summed E-state index contributed by atoms with van der Waals surface area (Å²) in [7, 11) is 0. The highest BCUT2D eigenvalue weighted by atomic mass is 16.3. The summed E-state index contributed by atoms with van der Waals surface area (Å²) in [5.74, 6) is 0.134. The Hall–Kier alpha value is -1.61. The van der Waals surface area contributed by atoms with E-state index in [9.17, 15) is 9.90 Å². The van der Waals surface area contributed by atoms with E-state index in [1.165, 1.54) is 6.08 Å². The van der Waals surface area contributed by atoms with Crippen LogP contribution in [-0.2, 0) is 11.2 Å². The maximum absolute atomic E-state index is 11.6. The fraction of sp³-hybridized carbons (Fsp3) is 0.438. The highest BCUT2D eigenvalue weighted by Crippen LogP contribution is 2.22. The summed E-state index contributed by atoms with van der Waals surface area (Å²) in [6.45, 7) is 4.93. The normalized spacial score (nSPS) is 20.9. The van der Waals surface area contributed by atoms with Crippen LogP contribution in [0, 0.1) is 5.92 Å². The van der Waals surface area contributed by atoms with Crippen molar-refractivity contribution in [3.8, 4) is 0 Å². The van der Waals surface area contributed by atoms with Crippen LogP contribution in [-0.4, -0.2) is 35.1 Å². The molecule has 1 aliphatic rings. The standard InChI is InChI=1S/C16H21NO2/c1-2-16(19)17-10-6-9-14(12-17)15(18)11-13-7-4-3-5-8-13/h2-5,7-8,14-15,18H,1,6,9-12H2. The van der Waals surface area contributed by atoms with Gasteiger partial charge in [-0.2, -0.15) is 0 Å². The molecule has 102 valence electrons. The molecule has 1 saturated heterocycles. The molecular formula is C16H21NO2. The maximum atomic E-state index is 11.6. The summed E-state index contributed by atoms with van der Waals surface area (Å²) in [5, 5.41) is 10.3. The zero-order chi connectivity index (χ0) is 13.7. The van der Waals surface area contributed by atoms with Crippen LogP contribution in [0.4, 0.5) is 0 Å². The lowest BCUT2D eigenvalue weighted by molar-refractivity contribution is -0.128. The van der Waals surface area contributed by atoms with E-state index in [4.69, 9.17) is 0 Å². The van der Waals surface area contributed by atoms with E-state index in [0.29, 0.717) is 13.0 Å². The highest BCUT2D eigenvalue weighted by Gasteiger charge is 2.27. The average Bonchev–Trinajstić information content (AvgIpc) is 2.47. The molecule has 0 saturated carbocycles. The minimum absolute atomic E-state index is 0.0309. The van der Waals surface area contributed by atoms with Gasteiger partial charge in [-0.1, -0.05) is 36.9 Å². The number of hydrogen-bond donors (Lipinski definition) is 1. The van der Waals surface area contributed by atoms with E-state index in [-0.39, 0.29) is 17.9 Å². The van der Waals surface area contributed by atoms with Gasteiger partial charge in [0.15, 0.2) is 0 Å². The summed E-state index contributed by atoms with van der Waals surface area (Å²) in [4.78, 5) is 13.4. The zero-order valence-electron chi connectivity index (χ0n) is 11.2. The predicted molar refractivity (Wildman–Crippen MR) is 75.7 cm³/mol. The molecule has 0 radical (unpaired) electrons. The zero-order valence-corrected chi connectivity index (χ0v) is 11.2. The van der Waals surface area contributed by atoms with E-state index in [1.807, 2.05) is 30.3 Å². The Morgan fingerprint density at radius 1 is 1.47 bits per heavy atom. The monoisotopic (exact) mass is 259 g/mol. The van der Waals surface area contributed by atoms with Crippen molar-refractivity contribution in [2.45, 2.75) is 25.4 Å². The first-order valence-corrected chi connectivity index (χ1v) is 6.84. The van der Waals surface area contributed by atoms with Crippen LogP contribution in [0.25, 0.3) is 0 Å². The molecule has 1 N–H and O–H groups in total. The molecule has 2 unspecified atom stereocenters. The second-order valence-electron chi connectivity index (χ2n) is 5.15. The summed E-state index contributed by atoms with van der Waals surface area (Å²) in [6.07, 6.45) is 3.56. The lowest BCUT2D eigenvalue weighted by Gasteiger charge is -2.34. The second-order valence-corrected chi connectivity index (χ2v) is 5.15. The Morgan fingerprint density at radius 3 is 2.89 bits per heavy atom. The van der Waals surface area contributed by atoms with Crippen molar-refractivity contribution in [3.05, 3.63) is 48.6 Å². The Balaban J connectivity index is 1.93. The first-order chi connectivity index (χ1) is 9.20. The maximum Gasteiger partial charge on any atom is 0.245 e. The molecule has 1 aromatic carbocycles. The predicted octanol–water partition coefficient (Wildman–Crippen LogP) is 2.01. The quantitative estimate of drug-likeness (QED) is 0.840. The molecule has 3 nitrogen and oxygen atoms in total. The van der Waals surface area contributed by atoms with Gasteiger partial charge in [0.2, 0.25) is 5.91 Å². The number of likely N-dealkylation sites (tertiary alicyclic amines) is 1. The van der Waals surface area contributed by atoms with Crippen LogP contribution >= 0.6 is 0 Å². The SMILES string of the molecule is C=CC(=O)N1CCCC(C(O)Cc2ccccc2)C1. The smallest absolute Gasteiger partial charge is 0.245 e. The summed E-state index contributed by atoms with van der Waals surface area (Å²) < 4.78 is 0. The third-order valence-electron chi connectivity index (χ3n) is 3.78. The number of piperidine rings is 1. The molecule has 1 aromatic rings. The van der Waals surface area contributed by atoms with Crippen molar-refractivity contribution in [1.29, 1.82) is 0 Å². The minimum Gasteiger partial charge on any atom is -0.392 e. The molecule has 1 amide bonds. The fourth-order valence-corrected chi connectivity index (χ4v) is 2.68. The molecule has 1 aliphatic heterocycles. The summed E-state index contributed by atoms with van der Waals surface area (Å²) in [6, 6.07) is 9.99. The number of aliphatic hydroxyl groups excluding tert-OH is 1. The van der Waals surface area contributed by atoms with Crippen molar-refractivity contribution >= 4 is 5.91 Å². The number of aliphatic hydroxyl groups is 1. The van der Waals surface area contributed by atoms with E-state index >= 15 is 0 Å². The van der Waals surface area contributed by atoms with Gasteiger partial charge in [-0.05, 0) is 30.9 Å². The van der Waals surface area contributed by atoms with E-state index < -0.39 is 0 Å². The minimum atomic E-state index is -0.386. The number of nitrogens with zero attached hydrogens (tertiary/aromatic N) is 1. The highest BCUT2D eigenvalue weighted by molar-refractivity contribution is 5.87. The van der Waals surface area contributed by atoms with Gasteiger partial charge in [0.05, 0.1) is 6.10 Å². The van der Waals surface area contributed by atoms with Crippen molar-refractivity contribution in [1.82, 2.24) is 4.90 Å². The van der Waals surface area contributed by atoms with Gasteiger partial charge in [0, 0.05) is 19.0 Å². The van der Waals surface area contributed by atoms with Crippen LogP contribution in [0.3, 0.4) is 0 Å². The first kappa shape index (κ1) is 13.8. The molecule has 0 aliphatic carbocycles. The van der Waals surface area contributed by atoms with Crippen LogP contribution in [0.2, 0.25) is 0 Å². The van der Waals surface area contributed by atoms with Gasteiger partial charge in [-0.3, -0.25) is 4.79 Å². The number of hydrogen-bond acceptors (Lipinski definition) is 2. The second kappa shape index (κ2) is 6.53. The van der Waals surface area contributed by atoms with Crippen LogP contribution in [0.5, 0.6) is 0 Å². The molecule has 19 heavy (non-hydrogen) atoms. The van der Waals surface area contributed by atoms with Gasteiger partial charge < -0.3 is 10.0 Å². The van der Waals surface area contributed by atoms with Gasteiger partial charge in [-0.15, -0.1) is 0 Å². The van der Waals surface area contributed by atoms with Gasteiger partial charge in [0.1, 0.15) is 0 Å². The molecule has 0 aromatic heterocycles. The van der Waals surface area contributed by atoms with E-state index in [2.05, 4.69) is 6.58 Å². The van der Waals surface area contributed by atoms with Crippen LogP contribution < -0.4 is 0 Å². The molecular weight excluding hydrogens is 238 g/mol. The Morgan fingerprint density at radius 2 is 2.21 bits per heavy atom. The van der Waals surface area contributed by atoms with E-state index in [0.717, 1.165) is 24.9 Å². The number of carbonyl (C=O) groups is 1. The Labute approximate surface area is 114 Å². The van der Waals surface area contributed by atoms with Gasteiger partial charge in [-0.25, -0.2) is 0 Å². The topological polar surface area (TPSA) is 40.5 Å². The number of carbonyl (C=O) groups excluding carboxylic acids is 1. The lowest BCUT2D eigenvalue weighted by atomic mass is 9.89. The van der Waals surface area contributed by atoms with Gasteiger partial charge >= 0.3 is 0 Å². The summed E-state index contributed by atoms with van der Waals surface area (Å²) >= 11 is 0. The van der Waals surface area contributed by atoms with Crippen molar-refractivity contribution in [3.63, 3.8) is 0 Å². The van der Waals surface area contributed by atoms with Crippen LogP contribution in [0.1, 0.15) is 18.4 Å². The fourth-order valence-electron chi connectivity index (χ4n) is 2.68. The average molecular weight is 259 g/mol. The molecule has 1 fully saturated rings. The van der Waals surface area contributed by atoms with Crippen molar-refractivity contribution in [2.75, 3.05) is 13.1 Å². The number of rotatable bonds is 4. The van der Waals surface area contributed by atoms with Crippen LogP contribution in [0.15, 0.2) is 43.0 Å². The molecule has 2 rings (SSSR count). The molecule has 3 heteroatoms. The Kier molecular flexibility index (Phi) is 4.74. The third kappa shape index (κ3) is 3.67. The third-order valence-corrected chi connectivity index (χ3v) is 3.78. The van der Waals surface area contributed by atoms with Crippen molar-refractivity contribution in [2.24, 2.45) is 5.92 Å². The van der Waals surface area contributed by atoms with E-state index in [1.54, 1.807) is 4.90 Å². The largest absolute Gasteiger partial charge is 0.392 e. The van der Waals surface area contributed by atoms with Crippen molar-refractivity contribution < 1.29 is 9.90 Å². The lowest BCUT2D eigenvalue weighted by Crippen LogP contribution is -2.43. The molecule has 0 bridgehead atoms. The Bertz CT molecular complexity index is 430. The van der Waals surface area contributed by atoms with Gasteiger partial charge in [0.25, 0.3) is 0 Å². The number of benzene rings is 1. The first-order valence-electron chi connectivity index (χ1n) is 6.84. The molecule has 2 atom stereocenters. The number of amides is 1. The molecule has 1 heterocycles. The molecule has 0 spiro atoms. The summed E-state index contributed by atoms with van der Waals surface area (Å²) in [5.41, 5.74) is 1.14.